The van der Waals surface area contributed by atoms with Crippen molar-refractivity contribution >= 4 is 17.5 Å². The Hall–Kier alpha value is -3.15. The fourth-order valence-corrected chi connectivity index (χ4v) is 3.02. The molecular weight excluding hydrogens is 372 g/mol. The molecule has 0 spiro atoms. The average Bonchev–Trinajstić information content (AvgIpc) is 2.73. The van der Waals surface area contributed by atoms with Crippen LogP contribution in [-0.4, -0.2) is 36.9 Å². The molecule has 2 aromatic carbocycles. The van der Waals surface area contributed by atoms with E-state index in [-0.39, 0.29) is 24.4 Å². The van der Waals surface area contributed by atoms with Crippen LogP contribution < -0.4 is 9.47 Å². The van der Waals surface area contributed by atoms with Crippen LogP contribution in [0.1, 0.15) is 51.6 Å². The Morgan fingerprint density at radius 2 is 1.59 bits per heavy atom. The van der Waals surface area contributed by atoms with Gasteiger partial charge in [0, 0.05) is 17.5 Å². The minimum absolute atomic E-state index is 0.0109. The van der Waals surface area contributed by atoms with Crippen molar-refractivity contribution in [2.24, 2.45) is 0 Å². The molecule has 0 N–H and O–H groups in total. The molecule has 0 bridgehead atoms. The van der Waals surface area contributed by atoms with Crippen LogP contribution in [0.4, 0.5) is 0 Å². The second-order valence-corrected chi connectivity index (χ2v) is 7.08. The van der Waals surface area contributed by atoms with E-state index in [2.05, 4.69) is 0 Å². The van der Waals surface area contributed by atoms with Crippen LogP contribution in [-0.2, 0) is 9.53 Å². The first-order valence-corrected chi connectivity index (χ1v) is 9.59. The molecule has 0 saturated carbocycles. The van der Waals surface area contributed by atoms with Gasteiger partial charge in [-0.3, -0.25) is 14.4 Å². The number of fused-ring (bicyclic) bond motifs is 1. The molecule has 6 heteroatoms. The second-order valence-electron chi connectivity index (χ2n) is 7.08. The highest BCUT2D eigenvalue weighted by molar-refractivity contribution is 6.01. The van der Waals surface area contributed by atoms with Crippen molar-refractivity contribution in [2.45, 2.75) is 39.7 Å². The van der Waals surface area contributed by atoms with Crippen molar-refractivity contribution in [3.8, 4) is 11.5 Å². The predicted molar refractivity (Wildman–Crippen MR) is 107 cm³/mol. The summed E-state index contributed by atoms with van der Waals surface area (Å²) in [5.74, 6) is 0.0791. The van der Waals surface area contributed by atoms with Gasteiger partial charge in [0.1, 0.15) is 13.2 Å². The predicted octanol–water partition coefficient (Wildman–Crippen LogP) is 3.85. The molecule has 6 nitrogen and oxygen atoms in total. The zero-order chi connectivity index (χ0) is 21.0. The third-order valence-corrected chi connectivity index (χ3v) is 4.89. The van der Waals surface area contributed by atoms with Crippen molar-refractivity contribution in [3.63, 3.8) is 0 Å². The SMILES string of the molecule is Cc1ccc(C(=O)C(C)OC(=O)CCC(=O)c2ccc3c(c2)OCCO3)cc1C. The number of esters is 1. The van der Waals surface area contributed by atoms with Crippen LogP contribution in [0.2, 0.25) is 0 Å². The number of rotatable bonds is 7. The second kappa shape index (κ2) is 8.90. The first-order chi connectivity index (χ1) is 13.8. The quantitative estimate of drug-likeness (QED) is 0.522. The number of carbonyl (C=O) groups excluding carboxylic acids is 3. The summed E-state index contributed by atoms with van der Waals surface area (Å²) in [6, 6.07) is 10.3. The average molecular weight is 396 g/mol. The number of benzene rings is 2. The zero-order valence-corrected chi connectivity index (χ0v) is 16.8. The van der Waals surface area contributed by atoms with Crippen LogP contribution >= 0.6 is 0 Å². The summed E-state index contributed by atoms with van der Waals surface area (Å²) in [4.78, 5) is 37.0. The topological polar surface area (TPSA) is 78.9 Å². The van der Waals surface area contributed by atoms with E-state index in [1.54, 1.807) is 30.3 Å². The van der Waals surface area contributed by atoms with Crippen molar-refractivity contribution in [3.05, 3.63) is 58.7 Å². The summed E-state index contributed by atoms with van der Waals surface area (Å²) in [7, 11) is 0. The lowest BCUT2D eigenvalue weighted by Crippen LogP contribution is -2.24. The van der Waals surface area contributed by atoms with E-state index in [0.29, 0.717) is 35.8 Å². The van der Waals surface area contributed by atoms with E-state index in [0.717, 1.165) is 11.1 Å². The maximum absolute atomic E-state index is 12.5. The lowest BCUT2D eigenvalue weighted by Gasteiger charge is -2.18. The molecule has 0 radical (unpaired) electrons. The molecule has 2 aromatic rings. The Morgan fingerprint density at radius 3 is 2.31 bits per heavy atom. The Morgan fingerprint density at radius 1 is 0.897 bits per heavy atom. The molecule has 1 unspecified atom stereocenters. The van der Waals surface area contributed by atoms with Gasteiger partial charge in [-0.15, -0.1) is 0 Å². The highest BCUT2D eigenvalue weighted by Gasteiger charge is 2.21. The molecule has 1 aliphatic rings. The lowest BCUT2D eigenvalue weighted by atomic mass is 10.0. The van der Waals surface area contributed by atoms with Crippen LogP contribution in [0.25, 0.3) is 0 Å². The van der Waals surface area contributed by atoms with E-state index in [1.807, 2.05) is 19.9 Å². The number of ether oxygens (including phenoxy) is 3. The Kier molecular flexibility index (Phi) is 6.32. The van der Waals surface area contributed by atoms with Crippen LogP contribution in [0.5, 0.6) is 11.5 Å². The van der Waals surface area contributed by atoms with E-state index in [4.69, 9.17) is 14.2 Å². The summed E-state index contributed by atoms with van der Waals surface area (Å²) in [6.45, 7) is 6.34. The molecule has 0 aliphatic carbocycles. The summed E-state index contributed by atoms with van der Waals surface area (Å²) >= 11 is 0. The smallest absolute Gasteiger partial charge is 0.306 e. The van der Waals surface area contributed by atoms with Gasteiger partial charge in [-0.05, 0) is 56.2 Å². The van der Waals surface area contributed by atoms with Crippen LogP contribution in [0.15, 0.2) is 36.4 Å². The molecule has 0 aromatic heterocycles. The van der Waals surface area contributed by atoms with Gasteiger partial charge in [-0.1, -0.05) is 12.1 Å². The highest BCUT2D eigenvalue weighted by Crippen LogP contribution is 2.31. The van der Waals surface area contributed by atoms with Crippen molar-refractivity contribution in [2.75, 3.05) is 13.2 Å². The highest BCUT2D eigenvalue weighted by atomic mass is 16.6. The molecule has 29 heavy (non-hydrogen) atoms. The fourth-order valence-electron chi connectivity index (χ4n) is 3.02. The van der Waals surface area contributed by atoms with Crippen molar-refractivity contribution in [1.82, 2.24) is 0 Å². The van der Waals surface area contributed by atoms with Gasteiger partial charge in [-0.2, -0.15) is 0 Å². The number of hydrogen-bond acceptors (Lipinski definition) is 6. The third kappa shape index (κ3) is 5.02. The molecular formula is C23H24O6. The van der Waals surface area contributed by atoms with E-state index in [9.17, 15) is 14.4 Å². The molecule has 1 heterocycles. The van der Waals surface area contributed by atoms with Gasteiger partial charge in [0.15, 0.2) is 23.4 Å². The van der Waals surface area contributed by atoms with Gasteiger partial charge in [0.25, 0.3) is 0 Å². The Balaban J connectivity index is 1.53. The molecule has 152 valence electrons. The number of carbonyl (C=O) groups is 3. The summed E-state index contributed by atoms with van der Waals surface area (Å²) in [5.41, 5.74) is 3.03. The van der Waals surface area contributed by atoms with E-state index >= 15 is 0 Å². The number of ketones is 2. The van der Waals surface area contributed by atoms with Crippen molar-refractivity contribution in [1.29, 1.82) is 0 Å². The zero-order valence-electron chi connectivity index (χ0n) is 16.8. The summed E-state index contributed by atoms with van der Waals surface area (Å²) in [5, 5.41) is 0. The van der Waals surface area contributed by atoms with E-state index in [1.165, 1.54) is 6.92 Å². The Labute approximate surface area is 169 Å². The van der Waals surface area contributed by atoms with Gasteiger partial charge >= 0.3 is 5.97 Å². The molecule has 0 fully saturated rings. The molecule has 0 amide bonds. The monoisotopic (exact) mass is 396 g/mol. The van der Waals surface area contributed by atoms with Gasteiger partial charge in [0.05, 0.1) is 6.42 Å². The Bertz CT molecular complexity index is 946. The van der Waals surface area contributed by atoms with Crippen LogP contribution in [0, 0.1) is 13.8 Å². The largest absolute Gasteiger partial charge is 0.486 e. The summed E-state index contributed by atoms with van der Waals surface area (Å²) in [6.07, 6.45) is -1.02. The fraction of sp³-hybridized carbons (Fsp3) is 0.348. The van der Waals surface area contributed by atoms with Gasteiger partial charge < -0.3 is 14.2 Å². The summed E-state index contributed by atoms with van der Waals surface area (Å²) < 4.78 is 16.1. The number of aryl methyl sites for hydroxylation is 2. The maximum atomic E-state index is 12.5. The number of hydrogen-bond donors (Lipinski definition) is 0. The lowest BCUT2D eigenvalue weighted by molar-refractivity contribution is -0.146. The minimum Gasteiger partial charge on any atom is -0.486 e. The molecule has 1 atom stereocenters. The van der Waals surface area contributed by atoms with Crippen molar-refractivity contribution < 1.29 is 28.6 Å². The maximum Gasteiger partial charge on any atom is 0.306 e. The minimum atomic E-state index is -0.908. The molecule has 3 rings (SSSR count). The molecule has 1 aliphatic heterocycles. The molecule has 0 saturated heterocycles. The first kappa shape index (κ1) is 20.6. The van der Waals surface area contributed by atoms with Crippen LogP contribution in [0.3, 0.4) is 0 Å². The number of Topliss-reactive ketones (excluding diaryl/α,β-unsaturated/α-hetero) is 2. The van der Waals surface area contributed by atoms with Gasteiger partial charge in [0.2, 0.25) is 5.78 Å². The normalized spacial score (nSPS) is 13.5. The first-order valence-electron chi connectivity index (χ1n) is 9.59. The third-order valence-electron chi connectivity index (χ3n) is 4.89. The van der Waals surface area contributed by atoms with E-state index < -0.39 is 12.1 Å². The van der Waals surface area contributed by atoms with Gasteiger partial charge in [-0.25, -0.2) is 0 Å². The standard InChI is InChI=1S/C23H24O6/c1-14-4-5-18(12-15(14)2)23(26)16(3)29-22(25)9-7-19(24)17-6-8-20-21(13-17)28-11-10-27-20/h4-6,8,12-13,16H,7,9-11H2,1-3H3.